The molecule has 0 amide bonds. The molecule has 2 unspecified atom stereocenters. The number of rotatable bonds is 6. The van der Waals surface area contributed by atoms with Gasteiger partial charge in [0.2, 0.25) is 0 Å². The molecule has 1 aliphatic carbocycles. The highest BCUT2D eigenvalue weighted by Gasteiger charge is 2.37. The van der Waals surface area contributed by atoms with Crippen LogP contribution in [-0.4, -0.2) is 21.0 Å². The smallest absolute Gasteiger partial charge is 0.164 e. The molecule has 5 nitrogen and oxygen atoms in total. The number of aromatic nitrogens is 3. The minimum atomic E-state index is 0.226. The Labute approximate surface area is 324 Å². The van der Waals surface area contributed by atoms with E-state index in [1.54, 1.807) is 0 Å². The molecular formula is C51H34N4O. The first-order valence-corrected chi connectivity index (χ1v) is 19.0. The van der Waals surface area contributed by atoms with E-state index < -0.39 is 0 Å². The van der Waals surface area contributed by atoms with Gasteiger partial charge >= 0.3 is 0 Å². The van der Waals surface area contributed by atoms with Crippen LogP contribution in [0.3, 0.4) is 0 Å². The number of fused-ring (bicyclic) bond motifs is 6. The second-order valence-electron chi connectivity index (χ2n) is 14.3. The Bertz CT molecular complexity index is 2990. The third-order valence-electron chi connectivity index (χ3n) is 11.1. The number of benzene rings is 7. The highest BCUT2D eigenvalue weighted by atomic mass is 16.3. The normalized spacial score (nSPS) is 15.7. The Balaban J connectivity index is 1.06. The zero-order valence-corrected chi connectivity index (χ0v) is 30.3. The van der Waals surface area contributed by atoms with Crippen LogP contribution in [0.5, 0.6) is 0 Å². The molecule has 5 heteroatoms. The molecule has 0 radical (unpaired) electrons. The first kappa shape index (κ1) is 32.1. The van der Waals surface area contributed by atoms with Crippen molar-refractivity contribution in [1.29, 1.82) is 0 Å². The van der Waals surface area contributed by atoms with E-state index in [4.69, 9.17) is 19.4 Å². The van der Waals surface area contributed by atoms with Gasteiger partial charge in [0.25, 0.3) is 0 Å². The van der Waals surface area contributed by atoms with Crippen LogP contribution in [0, 0.1) is 0 Å². The van der Waals surface area contributed by atoms with Crippen LogP contribution in [0.4, 0.5) is 11.4 Å². The molecule has 0 bridgehead atoms. The van der Waals surface area contributed by atoms with Crippen LogP contribution < -0.4 is 4.90 Å². The maximum Gasteiger partial charge on any atom is 0.164 e. The third-order valence-corrected chi connectivity index (χ3v) is 11.1. The Morgan fingerprint density at radius 3 is 1.93 bits per heavy atom. The first-order valence-electron chi connectivity index (χ1n) is 19.0. The molecule has 2 aliphatic rings. The monoisotopic (exact) mass is 718 g/mol. The van der Waals surface area contributed by atoms with Gasteiger partial charge in [0.15, 0.2) is 17.5 Å². The summed E-state index contributed by atoms with van der Waals surface area (Å²) in [6, 6.07) is 59.3. The number of hydrogen-bond donors (Lipinski definition) is 0. The molecule has 0 N–H and O–H groups in total. The molecule has 0 saturated carbocycles. The fourth-order valence-corrected chi connectivity index (χ4v) is 8.47. The molecule has 264 valence electrons. The molecule has 2 aromatic heterocycles. The van der Waals surface area contributed by atoms with Gasteiger partial charge in [-0.15, -0.1) is 0 Å². The van der Waals surface area contributed by atoms with Gasteiger partial charge in [-0.05, 0) is 58.7 Å². The zero-order valence-electron chi connectivity index (χ0n) is 30.3. The second kappa shape index (κ2) is 13.2. The number of anilines is 2. The molecule has 11 rings (SSSR count). The van der Waals surface area contributed by atoms with Gasteiger partial charge in [0.05, 0.1) is 6.04 Å². The predicted octanol–water partition coefficient (Wildman–Crippen LogP) is 12.8. The van der Waals surface area contributed by atoms with Gasteiger partial charge in [-0.3, -0.25) is 0 Å². The van der Waals surface area contributed by atoms with Gasteiger partial charge in [0, 0.05) is 50.3 Å². The SMILES string of the molecule is C1=CC2c3cc(-c4cccc5c4oc4cccc(-c6nc(-c7ccccc7)nc(-c7cccc(-c8ccccc8)c7)n6)c45)ccc3N(c3ccccc3)C2C=C1. The van der Waals surface area contributed by atoms with Gasteiger partial charge in [-0.2, -0.15) is 0 Å². The molecule has 1 aliphatic heterocycles. The van der Waals surface area contributed by atoms with E-state index in [0.29, 0.717) is 17.5 Å². The average molecular weight is 719 g/mol. The van der Waals surface area contributed by atoms with Crippen LogP contribution in [0.1, 0.15) is 11.5 Å². The molecule has 3 heterocycles. The van der Waals surface area contributed by atoms with Crippen molar-refractivity contribution in [3.05, 3.63) is 200 Å². The third kappa shape index (κ3) is 5.36. The summed E-state index contributed by atoms with van der Waals surface area (Å²) in [5.41, 5.74) is 12.5. The molecule has 0 spiro atoms. The highest BCUT2D eigenvalue weighted by molar-refractivity contribution is 6.15. The largest absolute Gasteiger partial charge is 0.455 e. The van der Waals surface area contributed by atoms with Gasteiger partial charge in [0.1, 0.15) is 11.2 Å². The van der Waals surface area contributed by atoms with E-state index >= 15 is 0 Å². The maximum absolute atomic E-state index is 6.80. The highest BCUT2D eigenvalue weighted by Crippen LogP contribution is 2.49. The lowest BCUT2D eigenvalue weighted by atomic mass is 9.89. The minimum Gasteiger partial charge on any atom is -0.455 e. The summed E-state index contributed by atoms with van der Waals surface area (Å²) < 4.78 is 6.80. The molecule has 0 fully saturated rings. The second-order valence-corrected chi connectivity index (χ2v) is 14.3. The lowest BCUT2D eigenvalue weighted by molar-refractivity contribution is 0.670. The number of nitrogens with zero attached hydrogens (tertiary/aromatic N) is 4. The Morgan fingerprint density at radius 2 is 1.11 bits per heavy atom. The van der Waals surface area contributed by atoms with Crippen molar-refractivity contribution in [3.63, 3.8) is 0 Å². The average Bonchev–Trinajstić information content (AvgIpc) is 3.83. The summed E-state index contributed by atoms with van der Waals surface area (Å²) in [6.07, 6.45) is 8.98. The molecule has 2 atom stereocenters. The summed E-state index contributed by atoms with van der Waals surface area (Å²) in [4.78, 5) is 17.8. The fourth-order valence-electron chi connectivity index (χ4n) is 8.47. The topological polar surface area (TPSA) is 55.1 Å². The summed E-state index contributed by atoms with van der Waals surface area (Å²) >= 11 is 0. The van der Waals surface area contributed by atoms with E-state index in [1.807, 2.05) is 48.5 Å². The number of para-hydroxylation sites is 2. The Morgan fingerprint density at radius 1 is 0.464 bits per heavy atom. The lowest BCUT2D eigenvalue weighted by Crippen LogP contribution is -2.28. The number of hydrogen-bond acceptors (Lipinski definition) is 5. The van der Waals surface area contributed by atoms with Crippen LogP contribution in [-0.2, 0) is 0 Å². The molecule has 56 heavy (non-hydrogen) atoms. The zero-order chi connectivity index (χ0) is 37.0. The van der Waals surface area contributed by atoms with Gasteiger partial charge in [-0.25, -0.2) is 15.0 Å². The standard InChI is InChI=1S/C51H34N4O/c1-4-15-33(16-5-1)35-19-12-20-37(31-35)50-52-49(34-17-6-2-7-18-34)53-51(54-50)42-26-14-28-46-47(42)41-25-13-24-39(48(41)56-46)36-29-30-45-43(32-36)40-23-10-11-27-44(40)55(45)38-21-8-3-9-22-38/h1-32,40,44H. The lowest BCUT2D eigenvalue weighted by Gasteiger charge is -2.28. The van der Waals surface area contributed by atoms with Crippen molar-refractivity contribution in [3.8, 4) is 56.4 Å². The quantitative estimate of drug-likeness (QED) is 0.171. The summed E-state index contributed by atoms with van der Waals surface area (Å²) in [5.74, 6) is 2.08. The van der Waals surface area contributed by atoms with Crippen LogP contribution in [0.25, 0.3) is 78.4 Å². The van der Waals surface area contributed by atoms with Crippen molar-refractivity contribution in [2.45, 2.75) is 12.0 Å². The van der Waals surface area contributed by atoms with E-state index in [9.17, 15) is 0 Å². The van der Waals surface area contributed by atoms with E-state index in [1.165, 1.54) is 16.9 Å². The summed E-state index contributed by atoms with van der Waals surface area (Å²) in [6.45, 7) is 0. The summed E-state index contributed by atoms with van der Waals surface area (Å²) in [5, 5.41) is 2.00. The molecule has 0 saturated heterocycles. The fraction of sp³-hybridized carbons (Fsp3) is 0.0392. The van der Waals surface area contributed by atoms with Crippen molar-refractivity contribution < 1.29 is 4.42 Å². The molecule has 7 aromatic carbocycles. The maximum atomic E-state index is 6.80. The number of furan rings is 1. The number of allylic oxidation sites excluding steroid dienone is 2. The van der Waals surface area contributed by atoms with Crippen molar-refractivity contribution in [2.24, 2.45) is 0 Å². The van der Waals surface area contributed by atoms with Crippen molar-refractivity contribution in [1.82, 2.24) is 15.0 Å². The van der Waals surface area contributed by atoms with Crippen molar-refractivity contribution >= 4 is 33.3 Å². The van der Waals surface area contributed by atoms with Crippen LogP contribution in [0.2, 0.25) is 0 Å². The summed E-state index contributed by atoms with van der Waals surface area (Å²) in [7, 11) is 0. The van der Waals surface area contributed by atoms with Crippen LogP contribution in [0.15, 0.2) is 199 Å². The van der Waals surface area contributed by atoms with Crippen LogP contribution >= 0.6 is 0 Å². The van der Waals surface area contributed by atoms with Crippen molar-refractivity contribution in [2.75, 3.05) is 4.90 Å². The predicted molar refractivity (Wildman–Crippen MR) is 228 cm³/mol. The molecule has 9 aromatic rings. The minimum absolute atomic E-state index is 0.226. The van der Waals surface area contributed by atoms with Gasteiger partial charge < -0.3 is 9.32 Å². The first-order chi connectivity index (χ1) is 27.8. The van der Waals surface area contributed by atoms with Gasteiger partial charge in [-0.1, -0.05) is 158 Å². The Hall–Kier alpha value is -7.37. The Kier molecular flexibility index (Phi) is 7.56. The van der Waals surface area contributed by atoms with E-state index in [2.05, 4.69) is 151 Å². The van der Waals surface area contributed by atoms with E-state index in [-0.39, 0.29) is 12.0 Å². The van der Waals surface area contributed by atoms with E-state index in [0.717, 1.165) is 60.9 Å². The molecular weight excluding hydrogens is 685 g/mol.